The summed E-state index contributed by atoms with van der Waals surface area (Å²) in [5, 5.41) is 13.1. The van der Waals surface area contributed by atoms with Gasteiger partial charge in [-0.15, -0.1) is 0 Å². The molecule has 13 rings (SSSR count). The van der Waals surface area contributed by atoms with Gasteiger partial charge < -0.3 is 27.6 Å². The molecule has 0 aliphatic heterocycles. The smallest absolute Gasteiger partial charge is 0.309 e. The quantitative estimate of drug-likeness (QED) is 0.111. The Morgan fingerprint density at radius 2 is 0.887 bits per heavy atom. The number of carbonyl (C=O) groups excluding carboxylic acids is 1. The zero-order valence-electron chi connectivity index (χ0n) is 44.8. The topological polar surface area (TPSA) is 196 Å². The van der Waals surface area contributed by atoms with Crippen LogP contribution in [0.15, 0.2) is 136 Å². The number of aromatic nitrogens is 4. The zero-order chi connectivity index (χ0) is 57.5. The lowest BCUT2D eigenvalue weighted by molar-refractivity contribution is -0.138. The molecule has 412 valence electrons. The first-order chi connectivity index (χ1) is 38.1. The van der Waals surface area contributed by atoms with Gasteiger partial charge in [-0.3, -0.25) is 9.59 Å². The Kier molecular flexibility index (Phi) is 19.5. The fourth-order valence-corrected chi connectivity index (χ4v) is 12.6. The number of fused-ring (bicyclic) bond motifs is 4. The molecule has 0 radical (unpaired) electrons. The van der Waals surface area contributed by atoms with E-state index in [2.05, 4.69) is 191 Å². The Labute approximate surface area is 495 Å². The summed E-state index contributed by atoms with van der Waals surface area (Å²) in [6.45, 7) is 14.8. The van der Waals surface area contributed by atoms with Gasteiger partial charge in [0.1, 0.15) is 12.3 Å². The first kappa shape index (κ1) is 59.4. The second-order valence-corrected chi connectivity index (χ2v) is 25.3. The van der Waals surface area contributed by atoms with Crippen LogP contribution in [0.2, 0.25) is 0 Å². The Morgan fingerprint density at radius 3 is 1.30 bits per heavy atom. The molecule has 8 N–H and O–H groups in total. The number of nitrogens with two attached hydrogens (primary N) is 3. The van der Waals surface area contributed by atoms with Crippen molar-refractivity contribution in [3.05, 3.63) is 175 Å². The number of nitrogens with zero attached hydrogens (tertiary/aromatic N) is 4. The van der Waals surface area contributed by atoms with Gasteiger partial charge in [-0.05, 0) is 177 Å². The fourth-order valence-electron chi connectivity index (χ4n) is 8.58. The SMILES string of the molecule is Cc1ccc2nc(N)sc2c1.Cc1cccc(C)c1-c1ccc2nc(N)sc2c1.Cc1cccc(C)c1-c1ccc2nc(NC(=O)[C@@H]3C[C@@H]3F)sc2c1.Cc1cccc(C)c1Br.Nc1nc2ccc(Br)cc2s1.O=C(O)[C@@H]1C[C@@H]1F. The minimum Gasteiger partial charge on any atom is -0.481 e. The highest BCUT2D eigenvalue weighted by molar-refractivity contribution is 9.10. The van der Waals surface area contributed by atoms with Crippen LogP contribution in [0.25, 0.3) is 63.1 Å². The monoisotopic (exact) mass is 1270 g/mol. The number of thiazole rings is 4. The standard InChI is InChI=1S/C19H17FN2OS.C15H14N2S.C8H9Br.C8H8N2S.C7H5BrN2S.C4H5FO2/c1-10-4-3-5-11(2)17(10)12-6-7-15-16(8-12)24-19(21-15)22-18(23)13-9-14(13)20;1-9-4-3-5-10(2)14(9)11-6-7-12-13(8-11)18-15(16)17-12;1-6-4-3-5-7(2)8(6)9;1-5-2-3-6-7(4-5)11-8(9)10-6;8-4-1-2-5-6(3-4)11-7(9)10-5;5-3-1-2(3)4(6)7/h3-8,13-14H,9H2,1-2H3,(H,21,22,23);3-8H,1-2H3,(H2,16,17);3-5H,1-2H3;2-4H,1H3,(H2,9,10);1-3H,(H2,9,10);2-3H,1H2,(H,6,7)/t13-,14+;;;;;2-,3+/m1....1/s1. The van der Waals surface area contributed by atoms with Crippen molar-refractivity contribution >= 4 is 150 Å². The van der Waals surface area contributed by atoms with E-state index < -0.39 is 30.1 Å². The Morgan fingerprint density at radius 1 is 0.512 bits per heavy atom. The third kappa shape index (κ3) is 15.4. The van der Waals surface area contributed by atoms with Crippen LogP contribution in [-0.4, -0.2) is 49.3 Å². The number of carboxylic acids is 1. The second-order valence-electron chi connectivity index (χ2n) is 19.4. The molecule has 4 heterocycles. The summed E-state index contributed by atoms with van der Waals surface area (Å²) in [5.74, 6) is -2.45. The fraction of sp³-hybridized carbons (Fsp3) is 0.213. The number of carbonyl (C=O) groups is 2. The molecule has 11 aromatic rings. The number of hydrogen-bond acceptors (Lipinski definition) is 13. The number of aliphatic carboxylic acids is 1. The van der Waals surface area contributed by atoms with Crippen molar-refractivity contribution in [3.63, 3.8) is 0 Å². The van der Waals surface area contributed by atoms with Crippen molar-refractivity contribution in [1.82, 2.24) is 19.9 Å². The number of aryl methyl sites for hydroxylation is 7. The lowest BCUT2D eigenvalue weighted by atomic mass is 9.96. The first-order valence-electron chi connectivity index (χ1n) is 25.3. The Balaban J connectivity index is 0.000000133. The highest BCUT2D eigenvalue weighted by Gasteiger charge is 2.44. The molecule has 11 nitrogen and oxygen atoms in total. The number of carboxylic acid groups (broad SMARTS) is 1. The number of amides is 1. The van der Waals surface area contributed by atoms with Crippen molar-refractivity contribution in [2.75, 3.05) is 22.5 Å². The number of rotatable bonds is 5. The maximum absolute atomic E-state index is 13.0. The molecule has 80 heavy (non-hydrogen) atoms. The number of nitrogen functional groups attached to an aromatic ring is 3. The normalized spacial score (nSPS) is 15.6. The molecule has 0 saturated heterocycles. The minimum atomic E-state index is -1.06. The van der Waals surface area contributed by atoms with Crippen LogP contribution in [0.4, 0.5) is 29.3 Å². The van der Waals surface area contributed by atoms with Gasteiger partial charge in [0.25, 0.3) is 0 Å². The van der Waals surface area contributed by atoms with Crippen molar-refractivity contribution in [1.29, 1.82) is 0 Å². The van der Waals surface area contributed by atoms with Crippen LogP contribution in [-0.2, 0) is 9.59 Å². The van der Waals surface area contributed by atoms with Crippen LogP contribution in [0, 0.1) is 60.3 Å². The predicted octanol–water partition coefficient (Wildman–Crippen LogP) is 17.4. The third-order valence-electron chi connectivity index (χ3n) is 13.0. The second kappa shape index (κ2) is 26.2. The Bertz CT molecular complexity index is 3890. The molecule has 4 atom stereocenters. The number of halogens is 4. The van der Waals surface area contributed by atoms with E-state index in [0.717, 1.165) is 46.2 Å². The summed E-state index contributed by atoms with van der Waals surface area (Å²) in [6.07, 6.45) is -1.50. The summed E-state index contributed by atoms with van der Waals surface area (Å²) in [4.78, 5) is 38.6. The van der Waals surface area contributed by atoms with E-state index in [1.807, 2.05) is 42.5 Å². The number of hydrogen-bond donors (Lipinski definition) is 5. The summed E-state index contributed by atoms with van der Waals surface area (Å²) in [5.41, 5.74) is 34.5. The van der Waals surface area contributed by atoms with E-state index in [9.17, 15) is 18.4 Å². The highest BCUT2D eigenvalue weighted by atomic mass is 79.9. The van der Waals surface area contributed by atoms with E-state index in [4.69, 9.17) is 22.3 Å². The molecule has 0 bridgehead atoms. The molecule has 2 aliphatic carbocycles. The molecular weight excluding hydrogens is 1220 g/mol. The summed E-state index contributed by atoms with van der Waals surface area (Å²) >= 11 is 12.9. The molecular formula is C61H58Br2F2N8O3S4. The van der Waals surface area contributed by atoms with E-state index in [-0.39, 0.29) is 12.3 Å². The number of anilines is 4. The van der Waals surface area contributed by atoms with Gasteiger partial charge in [-0.2, -0.15) is 0 Å². The summed E-state index contributed by atoms with van der Waals surface area (Å²) < 4.78 is 31.4. The molecule has 19 heteroatoms. The molecule has 2 saturated carbocycles. The van der Waals surface area contributed by atoms with Crippen LogP contribution >= 0.6 is 77.2 Å². The number of benzene rings is 7. The number of alkyl halides is 2. The van der Waals surface area contributed by atoms with Gasteiger partial charge in [0.2, 0.25) is 5.91 Å². The maximum Gasteiger partial charge on any atom is 0.309 e. The van der Waals surface area contributed by atoms with Gasteiger partial charge in [0, 0.05) is 8.95 Å². The summed E-state index contributed by atoms with van der Waals surface area (Å²) in [6, 6.07) is 43.5. The number of nitrogens with one attached hydrogen (secondary N) is 1. The molecule has 2 aliphatic rings. The molecule has 2 fully saturated rings. The van der Waals surface area contributed by atoms with Gasteiger partial charge in [-0.1, -0.05) is 150 Å². The highest BCUT2D eigenvalue weighted by Crippen LogP contribution is 2.38. The Hall–Kier alpha value is -6.74. The van der Waals surface area contributed by atoms with E-state index in [0.29, 0.717) is 26.9 Å². The molecule has 1 amide bonds. The first-order valence-corrected chi connectivity index (χ1v) is 30.1. The average molecular weight is 1280 g/mol. The maximum atomic E-state index is 13.0. The van der Waals surface area contributed by atoms with Crippen molar-refractivity contribution in [2.24, 2.45) is 11.8 Å². The van der Waals surface area contributed by atoms with Crippen molar-refractivity contribution in [2.45, 2.75) is 73.7 Å². The summed E-state index contributed by atoms with van der Waals surface area (Å²) in [7, 11) is 0. The van der Waals surface area contributed by atoms with Gasteiger partial charge in [0.05, 0.1) is 52.7 Å². The molecule has 0 unspecified atom stereocenters. The lowest BCUT2D eigenvalue weighted by Crippen LogP contribution is -2.14. The van der Waals surface area contributed by atoms with Gasteiger partial charge >= 0.3 is 5.97 Å². The molecule has 4 aromatic heterocycles. The van der Waals surface area contributed by atoms with E-state index >= 15 is 0 Å². The lowest BCUT2D eigenvalue weighted by Gasteiger charge is -2.09. The van der Waals surface area contributed by atoms with E-state index in [1.165, 1.54) is 110 Å². The van der Waals surface area contributed by atoms with Crippen molar-refractivity contribution in [3.8, 4) is 22.3 Å². The largest absolute Gasteiger partial charge is 0.481 e. The molecule has 7 aromatic carbocycles. The van der Waals surface area contributed by atoms with Crippen LogP contribution < -0.4 is 22.5 Å². The van der Waals surface area contributed by atoms with Crippen LogP contribution in [0.1, 0.15) is 51.8 Å². The van der Waals surface area contributed by atoms with Gasteiger partial charge in [0.15, 0.2) is 20.5 Å². The molecule has 0 spiro atoms. The van der Waals surface area contributed by atoms with E-state index in [1.54, 1.807) is 0 Å². The van der Waals surface area contributed by atoms with Gasteiger partial charge in [-0.25, -0.2) is 28.7 Å². The zero-order valence-corrected chi connectivity index (χ0v) is 51.2. The third-order valence-corrected chi connectivity index (χ3v) is 18.2. The average Bonchev–Trinajstić information content (AvgIpc) is 4.07. The predicted molar refractivity (Wildman–Crippen MR) is 340 cm³/mol. The van der Waals surface area contributed by atoms with Crippen molar-refractivity contribution < 1.29 is 23.5 Å². The van der Waals surface area contributed by atoms with Crippen LogP contribution in [0.5, 0.6) is 0 Å². The van der Waals surface area contributed by atoms with Crippen LogP contribution in [0.3, 0.4) is 0 Å². The minimum absolute atomic E-state index is 0.218.